The molecule has 136 valence electrons. The average Bonchev–Trinajstić information content (AvgIpc) is 2.99. The van der Waals surface area contributed by atoms with Crippen LogP contribution in [0.2, 0.25) is 0 Å². The predicted molar refractivity (Wildman–Crippen MR) is 94.4 cm³/mol. The lowest BCUT2D eigenvalue weighted by molar-refractivity contribution is -0.146. The number of nitrogens with zero attached hydrogens (tertiary/aromatic N) is 4. The molecule has 1 amide bonds. The van der Waals surface area contributed by atoms with Gasteiger partial charge in [0.05, 0.1) is 12.9 Å². The molecule has 2 aromatic heterocycles. The maximum atomic E-state index is 12.2. The Labute approximate surface area is 150 Å². The third kappa shape index (κ3) is 4.68. The number of hydrogen-bond acceptors (Lipinski definition) is 7. The number of hydrogen-bond donors (Lipinski definition) is 1. The monoisotopic (exact) mass is 365 g/mol. The molecule has 2 rings (SSSR count). The van der Waals surface area contributed by atoms with Crippen molar-refractivity contribution in [3.63, 3.8) is 0 Å². The lowest BCUT2D eigenvalue weighted by Gasteiger charge is -2.21. The van der Waals surface area contributed by atoms with Crippen LogP contribution in [0.1, 0.15) is 31.7 Å². The molecule has 25 heavy (non-hydrogen) atoms. The molecule has 0 aromatic carbocycles. The maximum Gasteiger partial charge on any atom is 0.328 e. The normalized spacial score (nSPS) is 13.5. The molecule has 8 nitrogen and oxygen atoms in total. The number of aryl methyl sites for hydroxylation is 2. The topological polar surface area (TPSA) is 98.5 Å². The van der Waals surface area contributed by atoms with Gasteiger partial charge in [0.1, 0.15) is 6.04 Å². The number of ether oxygens (including phenoxy) is 1. The van der Waals surface area contributed by atoms with Crippen LogP contribution >= 0.6 is 11.8 Å². The summed E-state index contributed by atoms with van der Waals surface area (Å²) < 4.78 is 6.41. The van der Waals surface area contributed by atoms with Gasteiger partial charge < -0.3 is 10.1 Å². The van der Waals surface area contributed by atoms with Crippen molar-refractivity contribution in [1.82, 2.24) is 24.9 Å². The third-order valence-electron chi connectivity index (χ3n) is 3.92. The van der Waals surface area contributed by atoms with Gasteiger partial charge in [0.15, 0.2) is 0 Å². The van der Waals surface area contributed by atoms with Crippen LogP contribution in [0.3, 0.4) is 0 Å². The highest BCUT2D eigenvalue weighted by Gasteiger charge is 2.26. The van der Waals surface area contributed by atoms with E-state index in [4.69, 9.17) is 4.74 Å². The second kappa shape index (κ2) is 8.28. The van der Waals surface area contributed by atoms with E-state index in [0.29, 0.717) is 10.9 Å². The second-order valence-corrected chi connectivity index (χ2v) is 6.83. The van der Waals surface area contributed by atoms with Crippen LogP contribution in [0.4, 0.5) is 0 Å². The van der Waals surface area contributed by atoms with E-state index in [1.807, 2.05) is 33.8 Å². The van der Waals surface area contributed by atoms with Gasteiger partial charge in [-0.1, -0.05) is 32.0 Å². The molecule has 0 radical (unpaired) electrons. The van der Waals surface area contributed by atoms with Gasteiger partial charge in [0, 0.05) is 11.4 Å². The Hall–Kier alpha value is -2.16. The Morgan fingerprint density at radius 1 is 1.36 bits per heavy atom. The molecule has 0 aliphatic heterocycles. The average molecular weight is 365 g/mol. The summed E-state index contributed by atoms with van der Waals surface area (Å²) >= 11 is 1.20. The summed E-state index contributed by atoms with van der Waals surface area (Å²) in [6.45, 7) is 7.67. The maximum absolute atomic E-state index is 12.2. The van der Waals surface area contributed by atoms with Crippen molar-refractivity contribution in [3.8, 4) is 0 Å². The largest absolute Gasteiger partial charge is 0.467 e. The summed E-state index contributed by atoms with van der Waals surface area (Å²) in [4.78, 5) is 32.7. The van der Waals surface area contributed by atoms with Gasteiger partial charge in [0.2, 0.25) is 11.1 Å². The number of nitrogens with one attached hydrogen (secondary N) is 1. The SMILES string of the molecule is CC[C@H](C)[C@@H](NC(=O)CSc1nc2nc(C)cc(C)n2n1)C(=O)OC. The highest BCUT2D eigenvalue weighted by Crippen LogP contribution is 2.16. The summed E-state index contributed by atoms with van der Waals surface area (Å²) in [7, 11) is 1.32. The molecule has 0 bridgehead atoms. The highest BCUT2D eigenvalue weighted by molar-refractivity contribution is 7.99. The zero-order chi connectivity index (χ0) is 18.6. The van der Waals surface area contributed by atoms with Crippen molar-refractivity contribution in [2.45, 2.75) is 45.3 Å². The summed E-state index contributed by atoms with van der Waals surface area (Å²) in [5.74, 6) is -0.0926. The van der Waals surface area contributed by atoms with Crippen LogP contribution in [0.25, 0.3) is 5.78 Å². The first kappa shape index (κ1) is 19.2. The molecule has 0 saturated heterocycles. The van der Waals surface area contributed by atoms with Crippen LogP contribution in [0.15, 0.2) is 11.2 Å². The number of thioether (sulfide) groups is 1. The number of amides is 1. The summed E-state index contributed by atoms with van der Waals surface area (Å²) in [5.41, 5.74) is 1.79. The molecule has 0 fully saturated rings. The first-order valence-electron chi connectivity index (χ1n) is 8.06. The highest BCUT2D eigenvalue weighted by atomic mass is 32.2. The summed E-state index contributed by atoms with van der Waals surface area (Å²) in [6.07, 6.45) is 0.755. The number of esters is 1. The Bertz CT molecular complexity index is 776. The molecule has 2 heterocycles. The van der Waals surface area contributed by atoms with E-state index in [1.165, 1.54) is 18.9 Å². The van der Waals surface area contributed by atoms with E-state index >= 15 is 0 Å². The number of rotatable bonds is 7. The zero-order valence-corrected chi connectivity index (χ0v) is 15.9. The molecule has 2 aromatic rings. The Morgan fingerprint density at radius 2 is 2.08 bits per heavy atom. The minimum absolute atomic E-state index is 0.00968. The standard InChI is InChI=1S/C16H23N5O3S/c1-6-9(2)13(14(23)24-5)18-12(22)8-25-16-19-15-17-10(3)7-11(4)21(15)20-16/h7,9,13H,6,8H2,1-5H3,(H,18,22)/t9-,13+/m0/s1. The van der Waals surface area contributed by atoms with Crippen LogP contribution in [0.5, 0.6) is 0 Å². The predicted octanol–water partition coefficient (Wildman–Crippen LogP) is 1.54. The summed E-state index contributed by atoms with van der Waals surface area (Å²) in [6, 6.07) is 1.26. The fraction of sp³-hybridized carbons (Fsp3) is 0.562. The van der Waals surface area contributed by atoms with Gasteiger partial charge in [0.25, 0.3) is 5.78 Å². The van der Waals surface area contributed by atoms with Gasteiger partial charge in [-0.2, -0.15) is 4.98 Å². The van der Waals surface area contributed by atoms with Crippen molar-refractivity contribution < 1.29 is 14.3 Å². The molecular formula is C16H23N5O3S. The van der Waals surface area contributed by atoms with Crippen molar-refractivity contribution in [1.29, 1.82) is 0 Å². The Morgan fingerprint density at radius 3 is 2.72 bits per heavy atom. The van der Waals surface area contributed by atoms with Crippen molar-refractivity contribution >= 4 is 29.4 Å². The molecule has 0 aliphatic carbocycles. The smallest absolute Gasteiger partial charge is 0.328 e. The Kier molecular flexibility index (Phi) is 6.35. The van der Waals surface area contributed by atoms with E-state index in [1.54, 1.807) is 4.52 Å². The van der Waals surface area contributed by atoms with Gasteiger partial charge >= 0.3 is 5.97 Å². The van der Waals surface area contributed by atoms with Crippen LogP contribution in [-0.2, 0) is 14.3 Å². The second-order valence-electron chi connectivity index (χ2n) is 5.89. The molecule has 9 heteroatoms. The number of carbonyl (C=O) groups excluding carboxylic acids is 2. The lowest BCUT2D eigenvalue weighted by Crippen LogP contribution is -2.46. The van der Waals surface area contributed by atoms with E-state index in [0.717, 1.165) is 17.8 Å². The molecular weight excluding hydrogens is 342 g/mol. The molecule has 0 unspecified atom stereocenters. The van der Waals surface area contributed by atoms with Gasteiger partial charge in [-0.3, -0.25) is 4.79 Å². The van der Waals surface area contributed by atoms with E-state index in [-0.39, 0.29) is 17.6 Å². The molecule has 0 aliphatic rings. The molecule has 2 atom stereocenters. The first-order chi connectivity index (χ1) is 11.8. The Balaban J connectivity index is 2.01. The third-order valence-corrected chi connectivity index (χ3v) is 4.75. The fourth-order valence-corrected chi connectivity index (χ4v) is 2.98. The lowest BCUT2D eigenvalue weighted by atomic mass is 9.99. The minimum Gasteiger partial charge on any atom is -0.467 e. The number of carbonyl (C=O) groups is 2. The summed E-state index contributed by atoms with van der Waals surface area (Å²) in [5, 5.41) is 7.54. The van der Waals surface area contributed by atoms with Gasteiger partial charge in [-0.25, -0.2) is 14.3 Å². The van der Waals surface area contributed by atoms with Crippen LogP contribution < -0.4 is 5.32 Å². The molecule has 0 spiro atoms. The fourth-order valence-electron chi connectivity index (χ4n) is 2.35. The number of methoxy groups -OCH3 is 1. The van der Waals surface area contributed by atoms with Gasteiger partial charge in [-0.05, 0) is 25.8 Å². The zero-order valence-electron chi connectivity index (χ0n) is 15.1. The number of aromatic nitrogens is 4. The van der Waals surface area contributed by atoms with Crippen molar-refractivity contribution in [2.24, 2.45) is 5.92 Å². The number of fused-ring (bicyclic) bond motifs is 1. The first-order valence-corrected chi connectivity index (χ1v) is 9.05. The van der Waals surface area contributed by atoms with Gasteiger partial charge in [-0.15, -0.1) is 5.10 Å². The minimum atomic E-state index is -0.649. The van der Waals surface area contributed by atoms with Crippen LogP contribution in [0, 0.1) is 19.8 Å². The van der Waals surface area contributed by atoms with Crippen LogP contribution in [-0.4, -0.2) is 50.4 Å². The quantitative estimate of drug-likeness (QED) is 0.587. The van der Waals surface area contributed by atoms with E-state index < -0.39 is 12.0 Å². The molecule has 1 N–H and O–H groups in total. The van der Waals surface area contributed by atoms with Crippen molar-refractivity contribution in [2.75, 3.05) is 12.9 Å². The van der Waals surface area contributed by atoms with E-state index in [2.05, 4.69) is 20.4 Å². The van der Waals surface area contributed by atoms with E-state index in [9.17, 15) is 9.59 Å². The molecule has 0 saturated carbocycles. The van der Waals surface area contributed by atoms with Crippen molar-refractivity contribution in [3.05, 3.63) is 17.5 Å².